The molecule has 1 aromatic carbocycles. The fourth-order valence-corrected chi connectivity index (χ4v) is 3.67. The van der Waals surface area contributed by atoms with Crippen LogP contribution in [-0.2, 0) is 10.0 Å². The SMILES string of the molecule is CNC(=O)c1ccc(S(=O)(=O)N(C)[C@@H]2CNC[C@H]2O)cc1. The van der Waals surface area contributed by atoms with E-state index in [2.05, 4.69) is 10.6 Å². The lowest BCUT2D eigenvalue weighted by atomic mass is 10.2. The molecule has 0 radical (unpaired) electrons. The van der Waals surface area contributed by atoms with E-state index >= 15 is 0 Å². The van der Waals surface area contributed by atoms with Crippen LogP contribution in [0.2, 0.25) is 0 Å². The molecule has 2 atom stereocenters. The highest BCUT2D eigenvalue weighted by Crippen LogP contribution is 2.20. The summed E-state index contributed by atoms with van der Waals surface area (Å²) in [7, 11) is -0.746. The van der Waals surface area contributed by atoms with E-state index in [4.69, 9.17) is 0 Å². The van der Waals surface area contributed by atoms with Gasteiger partial charge in [-0.3, -0.25) is 4.79 Å². The number of hydrogen-bond donors (Lipinski definition) is 3. The number of carbonyl (C=O) groups excluding carboxylic acids is 1. The fourth-order valence-electron chi connectivity index (χ4n) is 2.29. The number of benzene rings is 1. The highest BCUT2D eigenvalue weighted by atomic mass is 32.2. The van der Waals surface area contributed by atoms with Gasteiger partial charge in [0.15, 0.2) is 0 Å². The molecule has 0 aromatic heterocycles. The van der Waals surface area contributed by atoms with E-state index in [1.807, 2.05) is 0 Å². The van der Waals surface area contributed by atoms with E-state index in [0.717, 1.165) is 0 Å². The fraction of sp³-hybridized carbons (Fsp3) is 0.462. The number of rotatable bonds is 4. The average molecular weight is 313 g/mol. The smallest absolute Gasteiger partial charge is 0.251 e. The Kier molecular flexibility index (Phi) is 4.62. The molecule has 0 aliphatic carbocycles. The molecule has 0 bridgehead atoms. The van der Waals surface area contributed by atoms with Crippen molar-refractivity contribution in [1.82, 2.24) is 14.9 Å². The molecule has 1 aliphatic heterocycles. The van der Waals surface area contributed by atoms with E-state index in [1.165, 1.54) is 42.7 Å². The number of nitrogens with one attached hydrogen (secondary N) is 2. The predicted molar refractivity (Wildman–Crippen MR) is 77.4 cm³/mol. The average Bonchev–Trinajstić information content (AvgIpc) is 2.91. The van der Waals surface area contributed by atoms with E-state index in [-0.39, 0.29) is 10.8 Å². The Bertz CT molecular complexity index is 615. The van der Waals surface area contributed by atoms with Crippen molar-refractivity contribution in [2.75, 3.05) is 27.2 Å². The van der Waals surface area contributed by atoms with E-state index in [0.29, 0.717) is 18.7 Å². The van der Waals surface area contributed by atoms with Crippen LogP contribution in [0.25, 0.3) is 0 Å². The van der Waals surface area contributed by atoms with Gasteiger partial charge in [-0.25, -0.2) is 8.42 Å². The number of amides is 1. The van der Waals surface area contributed by atoms with Crippen LogP contribution in [0.5, 0.6) is 0 Å². The number of carbonyl (C=O) groups is 1. The second kappa shape index (κ2) is 6.10. The summed E-state index contributed by atoms with van der Waals surface area (Å²) >= 11 is 0. The summed E-state index contributed by atoms with van der Waals surface area (Å²) in [6.07, 6.45) is -0.727. The van der Waals surface area contributed by atoms with Crippen molar-refractivity contribution in [3.63, 3.8) is 0 Å². The van der Waals surface area contributed by atoms with Crippen molar-refractivity contribution in [2.24, 2.45) is 0 Å². The molecular formula is C13H19N3O4S. The van der Waals surface area contributed by atoms with Crippen molar-refractivity contribution in [3.8, 4) is 0 Å². The number of sulfonamides is 1. The minimum Gasteiger partial charge on any atom is -0.390 e. The molecule has 7 nitrogen and oxygen atoms in total. The standard InChI is InChI=1S/C13H19N3O4S/c1-14-13(18)9-3-5-10(6-4-9)21(19,20)16(2)11-7-15-8-12(11)17/h3-6,11-12,15,17H,7-8H2,1-2H3,(H,14,18)/t11-,12-/m1/s1. The summed E-state index contributed by atoms with van der Waals surface area (Å²) < 4.78 is 26.2. The maximum atomic E-state index is 12.5. The normalized spacial score (nSPS) is 22.5. The number of aliphatic hydroxyl groups excluding tert-OH is 1. The number of hydrogen-bond acceptors (Lipinski definition) is 5. The molecule has 0 saturated carbocycles. The van der Waals surface area contributed by atoms with Crippen molar-refractivity contribution in [3.05, 3.63) is 29.8 Å². The minimum atomic E-state index is -3.70. The molecule has 1 amide bonds. The molecule has 21 heavy (non-hydrogen) atoms. The molecule has 3 N–H and O–H groups in total. The number of likely N-dealkylation sites (N-methyl/N-ethyl adjacent to an activating group) is 1. The summed E-state index contributed by atoms with van der Waals surface area (Å²) in [6.45, 7) is 0.785. The van der Waals surface area contributed by atoms with Crippen LogP contribution < -0.4 is 10.6 Å². The predicted octanol–water partition coefficient (Wildman–Crippen LogP) is -1.00. The largest absolute Gasteiger partial charge is 0.390 e. The first kappa shape index (κ1) is 15.9. The first-order valence-corrected chi connectivity index (χ1v) is 8.01. The Hall–Kier alpha value is -1.48. The third-order valence-corrected chi connectivity index (χ3v) is 5.54. The lowest BCUT2D eigenvalue weighted by molar-refractivity contribution is 0.0963. The van der Waals surface area contributed by atoms with Gasteiger partial charge >= 0.3 is 0 Å². The zero-order valence-electron chi connectivity index (χ0n) is 11.9. The van der Waals surface area contributed by atoms with Crippen LogP contribution in [0, 0.1) is 0 Å². The lowest BCUT2D eigenvalue weighted by Gasteiger charge is -2.25. The molecule has 1 saturated heterocycles. The van der Waals surface area contributed by atoms with Gasteiger partial charge in [-0.05, 0) is 24.3 Å². The quantitative estimate of drug-likeness (QED) is 0.662. The third kappa shape index (κ3) is 3.08. The molecule has 2 rings (SSSR count). The molecule has 0 spiro atoms. The van der Waals surface area contributed by atoms with Gasteiger partial charge in [-0.2, -0.15) is 4.31 Å². The lowest BCUT2D eigenvalue weighted by Crippen LogP contribution is -2.44. The second-order valence-electron chi connectivity index (χ2n) is 4.92. The molecule has 0 unspecified atom stereocenters. The van der Waals surface area contributed by atoms with E-state index in [1.54, 1.807) is 0 Å². The summed E-state index contributed by atoms with van der Waals surface area (Å²) in [5.74, 6) is -0.275. The van der Waals surface area contributed by atoms with Crippen molar-refractivity contribution in [1.29, 1.82) is 0 Å². The first-order chi connectivity index (χ1) is 9.87. The molecule has 116 valence electrons. The Morgan fingerprint density at radius 2 is 1.95 bits per heavy atom. The second-order valence-corrected chi connectivity index (χ2v) is 6.92. The molecule has 1 aliphatic rings. The molecule has 1 heterocycles. The zero-order valence-corrected chi connectivity index (χ0v) is 12.7. The van der Waals surface area contributed by atoms with Crippen LogP contribution in [0.4, 0.5) is 0 Å². The van der Waals surface area contributed by atoms with E-state index in [9.17, 15) is 18.3 Å². The number of β-amino-alcohol motifs (C(OH)–C–C–N with tert-alkyl or cyclic N) is 1. The van der Waals surface area contributed by atoms with Gasteiger partial charge in [0.1, 0.15) is 0 Å². The van der Waals surface area contributed by atoms with Gasteiger partial charge in [0.2, 0.25) is 10.0 Å². The van der Waals surface area contributed by atoms with E-state index < -0.39 is 22.2 Å². The van der Waals surface area contributed by atoms with Crippen molar-refractivity contribution >= 4 is 15.9 Å². The Morgan fingerprint density at radius 3 is 2.43 bits per heavy atom. The van der Waals surface area contributed by atoms with Crippen LogP contribution in [-0.4, -0.2) is 63.1 Å². The number of aliphatic hydroxyl groups is 1. The minimum absolute atomic E-state index is 0.0942. The summed E-state index contributed by atoms with van der Waals surface area (Å²) in [5, 5.41) is 15.2. The molecule has 1 fully saturated rings. The zero-order chi connectivity index (χ0) is 15.6. The first-order valence-electron chi connectivity index (χ1n) is 6.57. The van der Waals surface area contributed by atoms with Crippen LogP contribution in [0.3, 0.4) is 0 Å². The third-order valence-electron chi connectivity index (χ3n) is 3.64. The maximum Gasteiger partial charge on any atom is 0.251 e. The van der Waals surface area contributed by atoms with Gasteiger partial charge in [-0.15, -0.1) is 0 Å². The Morgan fingerprint density at radius 1 is 1.33 bits per heavy atom. The summed E-state index contributed by atoms with van der Waals surface area (Å²) in [4.78, 5) is 11.5. The molecule has 8 heteroatoms. The Balaban J connectivity index is 2.25. The number of nitrogens with zero attached hydrogens (tertiary/aromatic N) is 1. The molecular weight excluding hydrogens is 294 g/mol. The van der Waals surface area contributed by atoms with Crippen LogP contribution in [0.15, 0.2) is 29.2 Å². The Labute approximate surface area is 124 Å². The maximum absolute atomic E-state index is 12.5. The van der Waals surface area contributed by atoms with Gasteiger partial charge in [0.05, 0.1) is 17.0 Å². The highest BCUT2D eigenvalue weighted by Gasteiger charge is 2.35. The molecule has 1 aromatic rings. The van der Waals surface area contributed by atoms with Crippen LogP contribution >= 0.6 is 0 Å². The van der Waals surface area contributed by atoms with Gasteiger partial charge in [0, 0.05) is 32.7 Å². The van der Waals surface area contributed by atoms with Gasteiger partial charge < -0.3 is 15.7 Å². The van der Waals surface area contributed by atoms with Crippen molar-refractivity contribution in [2.45, 2.75) is 17.0 Å². The van der Waals surface area contributed by atoms with Crippen LogP contribution in [0.1, 0.15) is 10.4 Å². The topological polar surface area (TPSA) is 98.7 Å². The highest BCUT2D eigenvalue weighted by molar-refractivity contribution is 7.89. The monoisotopic (exact) mass is 313 g/mol. The summed E-state index contributed by atoms with van der Waals surface area (Å²) in [5.41, 5.74) is 0.390. The summed E-state index contributed by atoms with van der Waals surface area (Å²) in [6, 6.07) is 5.22. The van der Waals surface area contributed by atoms with Crippen molar-refractivity contribution < 1.29 is 18.3 Å². The van der Waals surface area contributed by atoms with Gasteiger partial charge in [-0.1, -0.05) is 0 Å². The van der Waals surface area contributed by atoms with Gasteiger partial charge in [0.25, 0.3) is 5.91 Å².